The number of rotatable bonds is 2. The van der Waals surface area contributed by atoms with Gasteiger partial charge in [0.05, 0.1) is 6.61 Å². The quantitative estimate of drug-likeness (QED) is 0.618. The Bertz CT molecular complexity index is 520. The summed E-state index contributed by atoms with van der Waals surface area (Å²) in [6, 6.07) is 0. The molecule has 0 amide bonds. The Hall–Kier alpha value is -1.44. The Kier molecular flexibility index (Phi) is 3.14. The maximum Gasteiger partial charge on any atom is 0.330 e. The van der Waals surface area contributed by atoms with E-state index in [0.29, 0.717) is 5.56 Å². The Morgan fingerprint density at radius 2 is 2.29 bits per heavy atom. The third-order valence-corrected chi connectivity index (χ3v) is 2.70. The topological polar surface area (TPSA) is 105 Å². The molecule has 7 heteroatoms. The van der Waals surface area contributed by atoms with Crippen LogP contribution in [0.15, 0.2) is 15.8 Å². The summed E-state index contributed by atoms with van der Waals surface area (Å²) in [5, 5.41) is 18.4. The van der Waals surface area contributed by atoms with Gasteiger partial charge in [-0.1, -0.05) is 0 Å². The molecular formula is C10H13N2O5. The van der Waals surface area contributed by atoms with Crippen LogP contribution < -0.4 is 11.2 Å². The first-order chi connectivity index (χ1) is 8.02. The van der Waals surface area contributed by atoms with Crippen LogP contribution in [0.4, 0.5) is 0 Å². The highest BCUT2D eigenvalue weighted by Crippen LogP contribution is 2.31. The van der Waals surface area contributed by atoms with E-state index >= 15 is 0 Å². The standard InChI is InChI=1S/C10H13N2O5/c1-5-3-12(10(16)11-9(5)15)8-2-6(14)7(4-13)17-8/h3,7-8,13-14H,2,4H2,1H3,(H,11,15,16)/t7-,8-/m1/s1. The van der Waals surface area contributed by atoms with Crippen LogP contribution in [-0.2, 0) is 4.74 Å². The number of nitrogens with zero attached hydrogens (tertiary/aromatic N) is 1. The minimum absolute atomic E-state index is 0.00625. The van der Waals surface area contributed by atoms with Crippen molar-refractivity contribution in [1.29, 1.82) is 0 Å². The molecule has 0 aliphatic carbocycles. The van der Waals surface area contributed by atoms with Crippen molar-refractivity contribution in [2.75, 3.05) is 6.61 Å². The largest absolute Gasteiger partial charge is 0.394 e. The van der Waals surface area contributed by atoms with Crippen molar-refractivity contribution < 1.29 is 14.9 Å². The van der Waals surface area contributed by atoms with Crippen molar-refractivity contribution in [3.8, 4) is 0 Å². The number of hydrogen-bond acceptors (Lipinski definition) is 5. The van der Waals surface area contributed by atoms with E-state index in [2.05, 4.69) is 4.98 Å². The Balaban J connectivity index is 2.34. The Labute approximate surface area is 96.3 Å². The molecule has 1 aliphatic rings. The van der Waals surface area contributed by atoms with Gasteiger partial charge in [-0.2, -0.15) is 0 Å². The molecule has 1 aliphatic heterocycles. The average molecular weight is 241 g/mol. The van der Waals surface area contributed by atoms with Crippen molar-refractivity contribution in [3.05, 3.63) is 38.7 Å². The smallest absolute Gasteiger partial charge is 0.330 e. The summed E-state index contributed by atoms with van der Waals surface area (Å²) in [4.78, 5) is 24.9. The van der Waals surface area contributed by atoms with Crippen LogP contribution in [0, 0.1) is 13.0 Å². The monoisotopic (exact) mass is 241 g/mol. The number of aryl methyl sites for hydroxylation is 1. The summed E-state index contributed by atoms with van der Waals surface area (Å²) in [5.41, 5.74) is -0.673. The molecule has 1 aromatic heterocycles. The van der Waals surface area contributed by atoms with Crippen LogP contribution >= 0.6 is 0 Å². The predicted molar refractivity (Wildman–Crippen MR) is 56.9 cm³/mol. The molecule has 0 bridgehead atoms. The van der Waals surface area contributed by atoms with Crippen molar-refractivity contribution >= 4 is 0 Å². The predicted octanol–water partition coefficient (Wildman–Crippen LogP) is -0.971. The Morgan fingerprint density at radius 1 is 1.59 bits per heavy atom. The molecule has 7 nitrogen and oxygen atoms in total. The van der Waals surface area contributed by atoms with Gasteiger partial charge in [-0.3, -0.25) is 14.3 Å². The second-order valence-corrected chi connectivity index (χ2v) is 3.94. The summed E-state index contributed by atoms with van der Waals surface area (Å²) in [6.45, 7) is 1.22. The SMILES string of the molecule is Cc1cn([C@H]2C[C](O)[C@@H](CO)O2)c(=O)[nH]c1=O. The van der Waals surface area contributed by atoms with E-state index in [1.807, 2.05) is 0 Å². The lowest BCUT2D eigenvalue weighted by Gasteiger charge is -2.14. The molecule has 0 spiro atoms. The Morgan fingerprint density at radius 3 is 2.88 bits per heavy atom. The van der Waals surface area contributed by atoms with Gasteiger partial charge in [-0.05, 0) is 6.92 Å². The highest BCUT2D eigenvalue weighted by atomic mass is 16.5. The fourth-order valence-electron chi connectivity index (χ4n) is 1.74. The van der Waals surface area contributed by atoms with Gasteiger partial charge in [-0.15, -0.1) is 0 Å². The number of aliphatic hydroxyl groups is 2. The zero-order valence-corrected chi connectivity index (χ0v) is 9.21. The van der Waals surface area contributed by atoms with Crippen LogP contribution in [0.2, 0.25) is 0 Å². The molecule has 1 saturated heterocycles. The highest BCUT2D eigenvalue weighted by molar-refractivity contribution is 5.03. The fourth-order valence-corrected chi connectivity index (χ4v) is 1.74. The molecule has 1 aromatic rings. The number of aromatic nitrogens is 2. The third kappa shape index (κ3) is 2.17. The summed E-state index contributed by atoms with van der Waals surface area (Å²) in [6.07, 6.45) is 0.0118. The van der Waals surface area contributed by atoms with Gasteiger partial charge < -0.3 is 14.9 Å². The molecule has 1 fully saturated rings. The number of nitrogens with one attached hydrogen (secondary N) is 1. The van der Waals surface area contributed by atoms with Gasteiger partial charge in [0.2, 0.25) is 0 Å². The molecule has 1 radical (unpaired) electrons. The van der Waals surface area contributed by atoms with Crippen LogP contribution in [0.1, 0.15) is 18.2 Å². The lowest BCUT2D eigenvalue weighted by Crippen LogP contribution is -2.33. The number of aliphatic hydroxyl groups excluding tert-OH is 2. The summed E-state index contributed by atoms with van der Waals surface area (Å²) in [7, 11) is 0. The second-order valence-electron chi connectivity index (χ2n) is 3.94. The van der Waals surface area contributed by atoms with Crippen LogP contribution in [-0.4, -0.2) is 32.5 Å². The maximum atomic E-state index is 11.6. The van der Waals surface area contributed by atoms with Gasteiger partial charge in [0.25, 0.3) is 5.56 Å². The molecule has 17 heavy (non-hydrogen) atoms. The normalized spacial score (nSPS) is 25.4. The van der Waals surface area contributed by atoms with E-state index in [0.717, 1.165) is 0 Å². The average Bonchev–Trinajstić information content (AvgIpc) is 2.65. The first kappa shape index (κ1) is 12.0. The van der Waals surface area contributed by atoms with Crippen molar-refractivity contribution in [2.45, 2.75) is 25.7 Å². The minimum Gasteiger partial charge on any atom is -0.394 e. The van der Waals surface area contributed by atoms with Gasteiger partial charge in [0.15, 0.2) is 0 Å². The number of ether oxygens (including phenoxy) is 1. The lowest BCUT2D eigenvalue weighted by atomic mass is 10.2. The molecule has 2 rings (SSSR count). The number of hydrogen-bond donors (Lipinski definition) is 3. The zero-order chi connectivity index (χ0) is 12.6. The molecule has 0 saturated carbocycles. The third-order valence-electron chi connectivity index (χ3n) is 2.70. The highest BCUT2D eigenvalue weighted by Gasteiger charge is 2.35. The van der Waals surface area contributed by atoms with Gasteiger partial charge in [-0.25, -0.2) is 4.79 Å². The molecule has 3 N–H and O–H groups in total. The molecular weight excluding hydrogens is 228 g/mol. The van der Waals surface area contributed by atoms with Crippen molar-refractivity contribution in [2.24, 2.45) is 0 Å². The van der Waals surface area contributed by atoms with Gasteiger partial charge in [0.1, 0.15) is 18.4 Å². The summed E-state index contributed by atoms with van der Waals surface area (Å²) in [5.74, 6) is 0. The molecule has 93 valence electrons. The minimum atomic E-state index is -0.779. The van der Waals surface area contributed by atoms with E-state index < -0.39 is 23.6 Å². The van der Waals surface area contributed by atoms with Crippen LogP contribution in [0.3, 0.4) is 0 Å². The van der Waals surface area contributed by atoms with Crippen molar-refractivity contribution in [3.63, 3.8) is 0 Å². The molecule has 2 atom stereocenters. The van der Waals surface area contributed by atoms with E-state index in [1.165, 1.54) is 10.8 Å². The summed E-state index contributed by atoms with van der Waals surface area (Å²) >= 11 is 0. The van der Waals surface area contributed by atoms with Crippen LogP contribution in [0.5, 0.6) is 0 Å². The first-order valence-electron chi connectivity index (χ1n) is 5.16. The van der Waals surface area contributed by atoms with E-state index in [9.17, 15) is 14.7 Å². The lowest BCUT2D eigenvalue weighted by molar-refractivity contribution is -0.0307. The molecule has 0 aromatic carbocycles. The zero-order valence-electron chi connectivity index (χ0n) is 9.21. The van der Waals surface area contributed by atoms with Gasteiger partial charge >= 0.3 is 5.69 Å². The second kappa shape index (κ2) is 4.44. The van der Waals surface area contributed by atoms with Crippen molar-refractivity contribution in [1.82, 2.24) is 9.55 Å². The van der Waals surface area contributed by atoms with E-state index in [1.54, 1.807) is 6.92 Å². The summed E-state index contributed by atoms with van der Waals surface area (Å²) < 4.78 is 6.49. The number of H-pyrrole nitrogens is 1. The molecule has 2 heterocycles. The van der Waals surface area contributed by atoms with Gasteiger partial charge in [0, 0.05) is 18.2 Å². The number of aromatic amines is 1. The van der Waals surface area contributed by atoms with E-state index in [4.69, 9.17) is 9.84 Å². The van der Waals surface area contributed by atoms with E-state index in [-0.39, 0.29) is 19.1 Å². The molecule has 0 unspecified atom stereocenters. The van der Waals surface area contributed by atoms with Crippen LogP contribution in [0.25, 0.3) is 0 Å². The first-order valence-corrected chi connectivity index (χ1v) is 5.16. The fraction of sp³-hybridized carbons (Fsp3) is 0.500. The maximum absolute atomic E-state index is 11.6.